The molecule has 0 aromatic heterocycles. The SMILES string of the molecule is C=CC(OC(=O)C=CC)OC(=O)CC(C)=O. The predicted molar refractivity (Wildman–Crippen MR) is 56.3 cm³/mol. The van der Waals surface area contributed by atoms with Gasteiger partial charge in [-0.25, -0.2) is 4.79 Å². The first-order valence-corrected chi connectivity index (χ1v) is 4.64. The number of hydrogen-bond acceptors (Lipinski definition) is 5. The van der Waals surface area contributed by atoms with Gasteiger partial charge in [0.05, 0.1) is 0 Å². The average Bonchev–Trinajstić information content (AvgIpc) is 2.15. The molecule has 5 nitrogen and oxygen atoms in total. The summed E-state index contributed by atoms with van der Waals surface area (Å²) in [5, 5.41) is 0. The predicted octanol–water partition coefficient (Wildman–Crippen LogP) is 1.14. The van der Waals surface area contributed by atoms with E-state index in [-0.39, 0.29) is 12.2 Å². The van der Waals surface area contributed by atoms with E-state index in [4.69, 9.17) is 4.74 Å². The van der Waals surface area contributed by atoms with Crippen LogP contribution in [0.5, 0.6) is 0 Å². The highest BCUT2D eigenvalue weighted by molar-refractivity contribution is 5.94. The standard InChI is InChI=1S/C11H14O5/c1-4-6-9(13)15-11(5-2)16-10(14)7-8(3)12/h4-6,11H,2,7H2,1,3H3. The zero-order chi connectivity index (χ0) is 12.6. The summed E-state index contributed by atoms with van der Waals surface area (Å²) in [7, 11) is 0. The highest BCUT2D eigenvalue weighted by atomic mass is 16.7. The molecule has 88 valence electrons. The molecule has 0 aromatic carbocycles. The molecule has 1 atom stereocenters. The molecule has 5 heteroatoms. The molecule has 0 saturated heterocycles. The average molecular weight is 226 g/mol. The molecule has 0 spiro atoms. The Morgan fingerprint density at radius 3 is 2.38 bits per heavy atom. The molecule has 0 saturated carbocycles. The van der Waals surface area contributed by atoms with E-state index in [1.165, 1.54) is 19.1 Å². The van der Waals surface area contributed by atoms with Crippen molar-refractivity contribution in [2.75, 3.05) is 0 Å². The van der Waals surface area contributed by atoms with E-state index in [2.05, 4.69) is 11.3 Å². The fourth-order valence-electron chi connectivity index (χ4n) is 0.785. The summed E-state index contributed by atoms with van der Waals surface area (Å²) in [5.74, 6) is -1.73. The number of ketones is 1. The van der Waals surface area contributed by atoms with Gasteiger partial charge in [0.2, 0.25) is 0 Å². The molecule has 0 rings (SSSR count). The minimum Gasteiger partial charge on any atom is -0.421 e. The van der Waals surface area contributed by atoms with Gasteiger partial charge in [0.25, 0.3) is 6.29 Å². The lowest BCUT2D eigenvalue weighted by Crippen LogP contribution is -2.22. The van der Waals surface area contributed by atoms with Crippen LogP contribution in [0.2, 0.25) is 0 Å². The molecule has 0 aliphatic rings. The van der Waals surface area contributed by atoms with Gasteiger partial charge in [-0.15, -0.1) is 0 Å². The van der Waals surface area contributed by atoms with Crippen LogP contribution in [0.3, 0.4) is 0 Å². The molecule has 0 N–H and O–H groups in total. The molecule has 0 radical (unpaired) electrons. The quantitative estimate of drug-likeness (QED) is 0.223. The van der Waals surface area contributed by atoms with Gasteiger partial charge >= 0.3 is 11.9 Å². The van der Waals surface area contributed by atoms with E-state index >= 15 is 0 Å². The van der Waals surface area contributed by atoms with Gasteiger partial charge in [-0.3, -0.25) is 9.59 Å². The topological polar surface area (TPSA) is 69.7 Å². The van der Waals surface area contributed by atoms with Gasteiger partial charge < -0.3 is 9.47 Å². The maximum Gasteiger partial charge on any atom is 0.333 e. The first-order chi connectivity index (χ1) is 7.49. The summed E-state index contributed by atoms with van der Waals surface area (Å²) in [6, 6.07) is 0. The van der Waals surface area contributed by atoms with Crippen molar-refractivity contribution >= 4 is 17.7 Å². The molecule has 0 aromatic rings. The zero-order valence-corrected chi connectivity index (χ0v) is 9.26. The lowest BCUT2D eigenvalue weighted by atomic mass is 10.3. The van der Waals surface area contributed by atoms with E-state index in [1.54, 1.807) is 6.92 Å². The Labute approximate surface area is 93.7 Å². The zero-order valence-electron chi connectivity index (χ0n) is 9.26. The smallest absolute Gasteiger partial charge is 0.333 e. The number of carbonyl (C=O) groups is 3. The third kappa shape index (κ3) is 6.53. The summed E-state index contributed by atoms with van der Waals surface area (Å²) in [4.78, 5) is 32.7. The van der Waals surface area contributed by atoms with Crippen LogP contribution in [0.15, 0.2) is 24.8 Å². The fourth-order valence-corrected chi connectivity index (χ4v) is 0.785. The number of hydrogen-bond donors (Lipinski definition) is 0. The van der Waals surface area contributed by atoms with Crippen molar-refractivity contribution in [2.45, 2.75) is 26.6 Å². The monoisotopic (exact) mass is 226 g/mol. The molecule has 0 fully saturated rings. The Kier molecular flexibility index (Phi) is 6.51. The highest BCUT2D eigenvalue weighted by Gasteiger charge is 2.15. The third-order valence-electron chi connectivity index (χ3n) is 1.37. The number of Topliss-reactive ketones (excluding diaryl/α,β-unsaturated/α-hetero) is 1. The van der Waals surface area contributed by atoms with Crippen molar-refractivity contribution < 1.29 is 23.9 Å². The van der Waals surface area contributed by atoms with Gasteiger partial charge in [-0.05, 0) is 19.9 Å². The van der Waals surface area contributed by atoms with Crippen LogP contribution in [0.1, 0.15) is 20.3 Å². The molecule has 0 bridgehead atoms. The van der Waals surface area contributed by atoms with Crippen LogP contribution in [-0.2, 0) is 23.9 Å². The maximum atomic E-state index is 11.1. The van der Waals surface area contributed by atoms with E-state index in [0.717, 1.165) is 6.08 Å². The van der Waals surface area contributed by atoms with Gasteiger partial charge in [0.15, 0.2) is 0 Å². The molecule has 16 heavy (non-hydrogen) atoms. The van der Waals surface area contributed by atoms with Crippen molar-refractivity contribution in [3.63, 3.8) is 0 Å². The third-order valence-corrected chi connectivity index (χ3v) is 1.37. The largest absolute Gasteiger partial charge is 0.421 e. The summed E-state index contributed by atoms with van der Waals surface area (Å²) in [6.45, 7) is 6.25. The number of carbonyl (C=O) groups excluding carboxylic acids is 3. The first-order valence-electron chi connectivity index (χ1n) is 4.64. The van der Waals surface area contributed by atoms with Gasteiger partial charge in [0, 0.05) is 6.08 Å². The van der Waals surface area contributed by atoms with Crippen molar-refractivity contribution in [1.29, 1.82) is 0 Å². The van der Waals surface area contributed by atoms with Crippen molar-refractivity contribution in [1.82, 2.24) is 0 Å². The van der Waals surface area contributed by atoms with Crippen LogP contribution in [-0.4, -0.2) is 24.0 Å². The molecule has 1 unspecified atom stereocenters. The molecular weight excluding hydrogens is 212 g/mol. The Hall–Kier alpha value is -1.91. The lowest BCUT2D eigenvalue weighted by Gasteiger charge is -2.12. The number of ether oxygens (including phenoxy) is 2. The van der Waals surface area contributed by atoms with Crippen LogP contribution < -0.4 is 0 Å². The Morgan fingerprint density at radius 2 is 1.94 bits per heavy atom. The summed E-state index contributed by atoms with van der Waals surface area (Å²) >= 11 is 0. The molecule has 0 aliphatic heterocycles. The normalized spacial score (nSPS) is 11.9. The number of esters is 2. The number of allylic oxidation sites excluding steroid dienone is 1. The summed E-state index contributed by atoms with van der Waals surface area (Å²) in [6.07, 6.45) is 2.29. The van der Waals surface area contributed by atoms with E-state index in [1.807, 2.05) is 0 Å². The van der Waals surface area contributed by atoms with Crippen LogP contribution in [0, 0.1) is 0 Å². The highest BCUT2D eigenvalue weighted by Crippen LogP contribution is 2.01. The van der Waals surface area contributed by atoms with Gasteiger partial charge in [0.1, 0.15) is 12.2 Å². The molecule has 0 aliphatic carbocycles. The lowest BCUT2D eigenvalue weighted by molar-refractivity contribution is -0.176. The Bertz CT molecular complexity index is 316. The van der Waals surface area contributed by atoms with Crippen molar-refractivity contribution in [3.05, 3.63) is 24.8 Å². The minimum absolute atomic E-state index is 0.326. The molecule has 0 heterocycles. The first kappa shape index (κ1) is 14.1. The maximum absolute atomic E-state index is 11.1. The van der Waals surface area contributed by atoms with Crippen LogP contribution in [0.25, 0.3) is 0 Å². The van der Waals surface area contributed by atoms with Gasteiger partial charge in [-0.1, -0.05) is 12.7 Å². The molecule has 0 amide bonds. The Morgan fingerprint density at radius 1 is 1.31 bits per heavy atom. The van der Waals surface area contributed by atoms with Crippen LogP contribution >= 0.6 is 0 Å². The fraction of sp³-hybridized carbons (Fsp3) is 0.364. The second kappa shape index (κ2) is 7.39. The van der Waals surface area contributed by atoms with Crippen molar-refractivity contribution in [3.8, 4) is 0 Å². The van der Waals surface area contributed by atoms with Crippen LogP contribution in [0.4, 0.5) is 0 Å². The van der Waals surface area contributed by atoms with Crippen molar-refractivity contribution in [2.24, 2.45) is 0 Å². The van der Waals surface area contributed by atoms with E-state index in [9.17, 15) is 14.4 Å². The second-order valence-corrected chi connectivity index (χ2v) is 2.91. The summed E-state index contributed by atoms with van der Waals surface area (Å²) in [5.41, 5.74) is 0. The molecular formula is C11H14O5. The van der Waals surface area contributed by atoms with E-state index < -0.39 is 18.2 Å². The Balaban J connectivity index is 4.20. The second-order valence-electron chi connectivity index (χ2n) is 2.91. The van der Waals surface area contributed by atoms with E-state index in [0.29, 0.717) is 0 Å². The summed E-state index contributed by atoms with van der Waals surface area (Å²) < 4.78 is 9.37. The minimum atomic E-state index is -1.17. The van der Waals surface area contributed by atoms with Gasteiger partial charge in [-0.2, -0.15) is 0 Å². The number of rotatable bonds is 6.